The molecule has 2 aromatic carbocycles. The molecular formula is C25H21BrIN5O5. The summed E-state index contributed by atoms with van der Waals surface area (Å²) >= 11 is 5.50. The minimum atomic E-state index is -0.532. The fourth-order valence-electron chi connectivity index (χ4n) is 3.42. The van der Waals surface area contributed by atoms with E-state index in [0.29, 0.717) is 37.4 Å². The number of pyridine rings is 1. The summed E-state index contributed by atoms with van der Waals surface area (Å²) in [6, 6.07) is 11.6. The maximum atomic E-state index is 13.4. The van der Waals surface area contributed by atoms with E-state index < -0.39 is 10.3 Å². The predicted octanol–water partition coefficient (Wildman–Crippen LogP) is 6.05. The van der Waals surface area contributed by atoms with E-state index in [0.717, 1.165) is 10.7 Å². The molecule has 0 aliphatic rings. The van der Waals surface area contributed by atoms with Crippen LogP contribution in [0, 0.1) is 13.7 Å². The molecular weight excluding hydrogens is 657 g/mol. The van der Waals surface area contributed by atoms with E-state index in [1.165, 1.54) is 23.9 Å². The maximum absolute atomic E-state index is 13.4. The average Bonchev–Trinajstić information content (AvgIpc) is 2.84. The standard InChI is InChI=1S/C25H21BrIN5O5/c1-25(2,3)24-30-19-7-5-15(26)11-17(19)23(33)31(24)29-12-14-9-18(27)22(20(10-14)36-4)37-21-8-6-16(13-28-21)32(34)35/h5-13H,1-4H3. The largest absolute Gasteiger partial charge is 0.493 e. The van der Waals surface area contributed by atoms with E-state index in [-0.39, 0.29) is 17.1 Å². The third-order valence-electron chi connectivity index (χ3n) is 5.19. The molecule has 0 bridgehead atoms. The van der Waals surface area contributed by atoms with Gasteiger partial charge in [-0.3, -0.25) is 14.9 Å². The lowest BCUT2D eigenvalue weighted by Crippen LogP contribution is -2.29. The van der Waals surface area contributed by atoms with Crippen LogP contribution in [-0.2, 0) is 5.41 Å². The van der Waals surface area contributed by atoms with Crippen LogP contribution in [0.25, 0.3) is 10.9 Å². The SMILES string of the molecule is COc1cc(C=Nn2c(C(C)(C)C)nc3ccc(Br)cc3c2=O)cc(I)c1Oc1ccc([N+](=O)[O-])cn1. The number of benzene rings is 2. The molecule has 0 spiro atoms. The zero-order chi connectivity index (χ0) is 26.9. The van der Waals surface area contributed by atoms with Gasteiger partial charge in [-0.05, 0) is 58.5 Å². The quantitative estimate of drug-likeness (QED) is 0.105. The van der Waals surface area contributed by atoms with E-state index in [1.54, 1.807) is 30.5 Å². The molecule has 4 aromatic rings. The number of aromatic nitrogens is 3. The molecule has 0 atom stereocenters. The number of hydrogen-bond donors (Lipinski definition) is 0. The van der Waals surface area contributed by atoms with Gasteiger partial charge >= 0.3 is 0 Å². The number of halogens is 2. The number of nitro groups is 1. The van der Waals surface area contributed by atoms with Gasteiger partial charge in [-0.15, -0.1) is 0 Å². The van der Waals surface area contributed by atoms with Crippen molar-refractivity contribution in [3.05, 3.63) is 88.6 Å². The molecule has 0 aliphatic heterocycles. The lowest BCUT2D eigenvalue weighted by molar-refractivity contribution is -0.385. The first-order valence-corrected chi connectivity index (χ1v) is 12.8. The smallest absolute Gasteiger partial charge is 0.287 e. The highest BCUT2D eigenvalue weighted by molar-refractivity contribution is 14.1. The van der Waals surface area contributed by atoms with Crippen molar-refractivity contribution < 1.29 is 14.4 Å². The Morgan fingerprint density at radius 1 is 1.19 bits per heavy atom. The number of ether oxygens (including phenoxy) is 2. The van der Waals surface area contributed by atoms with Crippen LogP contribution >= 0.6 is 38.5 Å². The van der Waals surface area contributed by atoms with Gasteiger partial charge in [0.1, 0.15) is 12.0 Å². The summed E-state index contributed by atoms with van der Waals surface area (Å²) in [5.41, 5.74) is 0.395. The first-order valence-electron chi connectivity index (χ1n) is 10.9. The van der Waals surface area contributed by atoms with Crippen molar-refractivity contribution in [1.82, 2.24) is 14.6 Å². The Balaban J connectivity index is 1.74. The van der Waals surface area contributed by atoms with Crippen molar-refractivity contribution in [1.29, 1.82) is 0 Å². The summed E-state index contributed by atoms with van der Waals surface area (Å²) in [5.74, 6) is 1.50. The van der Waals surface area contributed by atoms with Crippen molar-refractivity contribution in [2.24, 2.45) is 5.10 Å². The lowest BCUT2D eigenvalue weighted by Gasteiger charge is -2.21. The Kier molecular flexibility index (Phi) is 7.59. The summed E-state index contributed by atoms with van der Waals surface area (Å²) in [4.78, 5) is 32.4. The summed E-state index contributed by atoms with van der Waals surface area (Å²) in [7, 11) is 1.50. The van der Waals surface area contributed by atoms with Gasteiger partial charge in [0, 0.05) is 22.0 Å². The molecule has 0 radical (unpaired) electrons. The molecule has 2 heterocycles. The Morgan fingerprint density at radius 2 is 1.95 bits per heavy atom. The maximum Gasteiger partial charge on any atom is 0.287 e. The zero-order valence-electron chi connectivity index (χ0n) is 20.2. The Morgan fingerprint density at radius 3 is 2.57 bits per heavy atom. The second-order valence-corrected chi connectivity index (χ2v) is 11.0. The number of hydrogen-bond acceptors (Lipinski definition) is 8. The third kappa shape index (κ3) is 5.80. The summed E-state index contributed by atoms with van der Waals surface area (Å²) in [6.07, 6.45) is 2.68. The molecule has 4 rings (SSSR count). The second kappa shape index (κ2) is 10.5. The number of nitrogens with zero attached hydrogens (tertiary/aromatic N) is 5. The Hall–Kier alpha value is -3.39. The minimum absolute atomic E-state index is 0.138. The topological polar surface area (TPSA) is 122 Å². The van der Waals surface area contributed by atoms with Crippen LogP contribution in [0.4, 0.5) is 5.69 Å². The van der Waals surface area contributed by atoms with Crippen LogP contribution in [0.1, 0.15) is 32.2 Å². The Labute approximate surface area is 233 Å². The molecule has 2 aromatic heterocycles. The van der Waals surface area contributed by atoms with Crippen LogP contribution in [0.2, 0.25) is 0 Å². The fourth-order valence-corrected chi connectivity index (χ4v) is 4.52. The highest BCUT2D eigenvalue weighted by Gasteiger charge is 2.23. The molecule has 0 fully saturated rings. The van der Waals surface area contributed by atoms with Crippen LogP contribution < -0.4 is 15.0 Å². The fraction of sp³-hybridized carbons (Fsp3) is 0.200. The molecule has 0 saturated heterocycles. The first kappa shape index (κ1) is 26.7. The number of fused-ring (bicyclic) bond motifs is 1. The van der Waals surface area contributed by atoms with Crippen LogP contribution in [0.15, 0.2) is 63.0 Å². The van der Waals surface area contributed by atoms with E-state index >= 15 is 0 Å². The molecule has 190 valence electrons. The molecule has 0 N–H and O–H groups in total. The zero-order valence-corrected chi connectivity index (χ0v) is 24.0. The molecule has 10 nitrogen and oxygen atoms in total. The minimum Gasteiger partial charge on any atom is -0.493 e. The summed E-state index contributed by atoms with van der Waals surface area (Å²) in [5, 5.41) is 15.8. The van der Waals surface area contributed by atoms with Gasteiger partial charge in [-0.1, -0.05) is 36.7 Å². The molecule has 37 heavy (non-hydrogen) atoms. The van der Waals surface area contributed by atoms with Gasteiger partial charge in [-0.2, -0.15) is 9.78 Å². The van der Waals surface area contributed by atoms with Gasteiger partial charge < -0.3 is 9.47 Å². The highest BCUT2D eigenvalue weighted by atomic mass is 127. The highest BCUT2D eigenvalue weighted by Crippen LogP contribution is 2.36. The van der Waals surface area contributed by atoms with Gasteiger partial charge in [0.2, 0.25) is 5.88 Å². The monoisotopic (exact) mass is 677 g/mol. The van der Waals surface area contributed by atoms with Gasteiger partial charge in [0.05, 0.1) is 32.7 Å². The molecule has 0 amide bonds. The van der Waals surface area contributed by atoms with Crippen LogP contribution in [0.5, 0.6) is 17.4 Å². The summed E-state index contributed by atoms with van der Waals surface area (Å²) in [6.45, 7) is 5.90. The van der Waals surface area contributed by atoms with Gasteiger partial charge in [-0.25, -0.2) is 9.97 Å². The van der Waals surface area contributed by atoms with Crippen molar-refractivity contribution in [3.8, 4) is 17.4 Å². The number of methoxy groups -OCH3 is 1. The van der Waals surface area contributed by atoms with Crippen molar-refractivity contribution in [3.63, 3.8) is 0 Å². The summed E-state index contributed by atoms with van der Waals surface area (Å²) < 4.78 is 14.1. The normalized spacial score (nSPS) is 11.7. The van der Waals surface area contributed by atoms with E-state index in [2.05, 4.69) is 48.6 Å². The predicted molar refractivity (Wildman–Crippen MR) is 152 cm³/mol. The van der Waals surface area contributed by atoms with Crippen molar-refractivity contribution in [2.45, 2.75) is 26.2 Å². The second-order valence-electron chi connectivity index (χ2n) is 8.96. The molecule has 0 saturated carbocycles. The number of rotatable bonds is 6. The van der Waals surface area contributed by atoms with Gasteiger partial charge in [0.15, 0.2) is 11.5 Å². The lowest BCUT2D eigenvalue weighted by atomic mass is 9.95. The van der Waals surface area contributed by atoms with Crippen LogP contribution in [-0.4, -0.2) is 32.9 Å². The van der Waals surface area contributed by atoms with Crippen LogP contribution in [0.3, 0.4) is 0 Å². The van der Waals surface area contributed by atoms with E-state index in [4.69, 9.17) is 14.5 Å². The first-order chi connectivity index (χ1) is 17.5. The van der Waals surface area contributed by atoms with E-state index in [1.807, 2.05) is 26.8 Å². The van der Waals surface area contributed by atoms with Gasteiger partial charge in [0.25, 0.3) is 11.2 Å². The third-order valence-corrected chi connectivity index (χ3v) is 6.49. The molecule has 12 heteroatoms. The molecule has 0 aliphatic carbocycles. The molecule has 0 unspecified atom stereocenters. The average molecular weight is 678 g/mol. The van der Waals surface area contributed by atoms with Crippen molar-refractivity contribution >= 4 is 61.3 Å². The Bertz CT molecular complexity index is 1600. The van der Waals surface area contributed by atoms with E-state index in [9.17, 15) is 14.9 Å². The van der Waals surface area contributed by atoms with Crippen molar-refractivity contribution in [2.75, 3.05) is 7.11 Å².